The Labute approximate surface area is 504 Å². The molecule has 0 bridgehead atoms. The Morgan fingerprint density at radius 2 is 0.920 bits per heavy atom. The molecule has 0 saturated carbocycles. The highest BCUT2D eigenvalue weighted by Crippen LogP contribution is 2.31. The third-order valence-corrected chi connectivity index (χ3v) is 16.0. The smallest absolute Gasteiger partial charge is 0.289 e. The Kier molecular flexibility index (Phi) is 21.1. The van der Waals surface area contributed by atoms with Crippen LogP contribution in [0.1, 0.15) is 75.5 Å². The first-order valence-corrected chi connectivity index (χ1v) is 30.5. The molecule has 2 aromatic heterocycles. The maximum absolute atomic E-state index is 12.9. The van der Waals surface area contributed by atoms with Crippen molar-refractivity contribution in [3.63, 3.8) is 0 Å². The Bertz CT molecular complexity index is 4320. The first-order chi connectivity index (χ1) is 41.3. The average molecular weight is 1260 g/mol. The fourth-order valence-electron chi connectivity index (χ4n) is 7.76. The molecule has 0 unspecified atom stereocenters. The number of nitrogens with one attached hydrogen (secondary N) is 3. The third-order valence-electron chi connectivity index (χ3n) is 11.7. The Balaban J connectivity index is 0.000000187. The van der Waals surface area contributed by atoms with Gasteiger partial charge in [0.1, 0.15) is 24.0 Å². The highest BCUT2D eigenvalue weighted by atomic mass is 35.5. The zero-order chi connectivity index (χ0) is 63.1. The van der Waals surface area contributed by atoms with Crippen molar-refractivity contribution in [1.29, 1.82) is 0 Å². The first-order valence-electron chi connectivity index (χ1n) is 25.7. The van der Waals surface area contributed by atoms with Crippen LogP contribution in [0.25, 0.3) is 0 Å². The van der Waals surface area contributed by atoms with Gasteiger partial charge in [0, 0.05) is 45.6 Å². The van der Waals surface area contributed by atoms with E-state index >= 15 is 0 Å². The van der Waals surface area contributed by atoms with Gasteiger partial charge in [-0.25, -0.2) is 40.2 Å². The minimum absolute atomic E-state index is 0.0202. The van der Waals surface area contributed by atoms with E-state index in [1.165, 1.54) is 91.4 Å². The number of benzene rings is 7. The Morgan fingerprint density at radius 1 is 0.483 bits per heavy atom. The molecule has 0 aliphatic carbocycles. The second-order valence-corrected chi connectivity index (χ2v) is 24.2. The van der Waals surface area contributed by atoms with Gasteiger partial charge in [0.2, 0.25) is 0 Å². The van der Waals surface area contributed by atoms with Crippen LogP contribution in [-0.2, 0) is 30.1 Å². The molecule has 0 aliphatic heterocycles. The number of para-hydroxylation sites is 1. The van der Waals surface area contributed by atoms with Gasteiger partial charge in [0.05, 0.1) is 48.7 Å². The van der Waals surface area contributed by atoms with Gasteiger partial charge in [-0.05, 0) is 100 Å². The van der Waals surface area contributed by atoms with Crippen LogP contribution in [0.3, 0.4) is 0 Å². The molecule has 0 saturated heterocycles. The van der Waals surface area contributed by atoms with E-state index in [0.717, 1.165) is 24.4 Å². The number of halogens is 1. The summed E-state index contributed by atoms with van der Waals surface area (Å²) < 4.78 is 94.5. The van der Waals surface area contributed by atoms with Crippen LogP contribution >= 0.6 is 11.6 Å². The summed E-state index contributed by atoms with van der Waals surface area (Å²) in [7, 11) is -12.4. The quantitative estimate of drug-likeness (QED) is 0.0342. The van der Waals surface area contributed by atoms with Crippen LogP contribution in [0.5, 0.6) is 11.5 Å². The summed E-state index contributed by atoms with van der Waals surface area (Å²) in [5.41, 5.74) is -0.181. The van der Waals surface area contributed by atoms with Crippen molar-refractivity contribution in [2.24, 2.45) is 0 Å². The van der Waals surface area contributed by atoms with Crippen LogP contribution in [0.4, 0.5) is 28.7 Å². The maximum atomic E-state index is 12.9. The van der Waals surface area contributed by atoms with Gasteiger partial charge in [0.15, 0.2) is 33.9 Å². The number of aromatic nitrogens is 3. The van der Waals surface area contributed by atoms with E-state index in [9.17, 15) is 59.9 Å². The standard InChI is InChI=1S/C21H19N3O6S.C20H19N3O4S.C19H13ClN2O5S/c1-14(2)30-17-8-10-18(11-9-17)31(28,29)23-21-19(12-16(13-22-21)24(26)27)20(25)15-6-4-3-5-7-15;1-14(2)27-16-8-10-17(11-9-16)28(25,26)23-20-18(12-21-13-22-20)19(24)15-6-4-3-5-7-15;20-14-10-11-16(15(12-14)19(23)13-6-2-1-3-7-13)21-28(26,27)18-9-5-4-8-17(18)22(24)25/h3-14H,1-2H3,(H,22,23);3-14H,1-2H3,(H,21,22,23);1-12,21H. The summed E-state index contributed by atoms with van der Waals surface area (Å²) in [5, 5.41) is 22.6. The van der Waals surface area contributed by atoms with E-state index < -0.39 is 67.8 Å². The lowest BCUT2D eigenvalue weighted by Crippen LogP contribution is -2.17. The molecule has 87 heavy (non-hydrogen) atoms. The number of pyridine rings is 1. The first kappa shape index (κ1) is 64.3. The van der Waals surface area contributed by atoms with E-state index in [2.05, 4.69) is 29.1 Å². The number of ether oxygens (including phenoxy) is 2. The molecule has 0 aliphatic rings. The number of nitro benzene ring substituents is 1. The SMILES string of the molecule is CC(C)Oc1ccc(S(=O)(=O)Nc2ncc([N+](=O)[O-])cc2C(=O)c2ccccc2)cc1.CC(C)Oc1ccc(S(=O)(=O)Nc2ncncc2C(=O)c2ccccc2)cc1.O=C(c1ccccc1)c1cc(Cl)ccc1NS(=O)(=O)c1ccccc1[N+](=O)[O-]. The number of nitro groups is 2. The molecular weight excluding hydrogens is 1200 g/mol. The van der Waals surface area contributed by atoms with Crippen molar-refractivity contribution in [3.8, 4) is 11.5 Å². The average Bonchev–Trinajstić information content (AvgIpc) is 1.79. The van der Waals surface area contributed by atoms with E-state index in [1.807, 2.05) is 27.7 Å². The normalized spacial score (nSPS) is 11.2. The van der Waals surface area contributed by atoms with E-state index in [4.69, 9.17) is 21.1 Å². The third kappa shape index (κ3) is 17.2. The van der Waals surface area contributed by atoms with Crippen molar-refractivity contribution >= 4 is 87.7 Å². The van der Waals surface area contributed by atoms with Gasteiger partial charge < -0.3 is 9.47 Å². The molecule has 2 heterocycles. The number of ketones is 3. The number of hydrogen-bond acceptors (Lipinski definition) is 18. The zero-order valence-corrected chi connectivity index (χ0v) is 49.5. The highest BCUT2D eigenvalue weighted by Gasteiger charge is 2.28. The van der Waals surface area contributed by atoms with Crippen molar-refractivity contribution in [2.75, 3.05) is 14.2 Å². The van der Waals surface area contributed by atoms with Gasteiger partial charge >= 0.3 is 0 Å². The van der Waals surface area contributed by atoms with Crippen LogP contribution in [0.15, 0.2) is 221 Å². The lowest BCUT2D eigenvalue weighted by molar-refractivity contribution is -0.387. The number of carbonyl (C=O) groups is 3. The summed E-state index contributed by atoms with van der Waals surface area (Å²) >= 11 is 5.98. The molecule has 9 aromatic rings. The monoisotopic (exact) mass is 1250 g/mol. The van der Waals surface area contributed by atoms with Gasteiger partial charge in [0.25, 0.3) is 41.4 Å². The molecule has 27 heteroatoms. The molecule has 0 amide bonds. The fourth-order valence-corrected chi connectivity index (χ4v) is 11.2. The lowest BCUT2D eigenvalue weighted by atomic mass is 10.0. The van der Waals surface area contributed by atoms with Gasteiger partial charge in [-0.15, -0.1) is 0 Å². The fraction of sp³-hybridized carbons (Fsp3) is 0.100. The van der Waals surface area contributed by atoms with Crippen molar-refractivity contribution < 1.29 is 59.0 Å². The Morgan fingerprint density at radius 3 is 1.38 bits per heavy atom. The molecule has 0 atom stereocenters. The number of hydrogen-bond donors (Lipinski definition) is 3. The van der Waals surface area contributed by atoms with Gasteiger partial charge in [-0.1, -0.05) is 115 Å². The van der Waals surface area contributed by atoms with E-state index in [-0.39, 0.29) is 72.4 Å². The van der Waals surface area contributed by atoms with Crippen LogP contribution < -0.4 is 23.6 Å². The van der Waals surface area contributed by atoms with Crippen LogP contribution in [-0.4, -0.2) is 79.6 Å². The number of carbonyl (C=O) groups excluding carboxylic acids is 3. The predicted octanol–water partition coefficient (Wildman–Crippen LogP) is 11.4. The molecule has 23 nitrogen and oxygen atoms in total. The maximum Gasteiger partial charge on any atom is 0.289 e. The van der Waals surface area contributed by atoms with Crippen LogP contribution in [0, 0.1) is 20.2 Å². The number of nitrogens with zero attached hydrogens (tertiary/aromatic N) is 5. The molecule has 9 rings (SSSR count). The van der Waals surface area contributed by atoms with E-state index in [0.29, 0.717) is 22.6 Å². The number of sulfonamides is 3. The summed E-state index contributed by atoms with van der Waals surface area (Å²) in [6, 6.07) is 46.6. The van der Waals surface area contributed by atoms with Crippen molar-refractivity contribution in [3.05, 3.63) is 265 Å². The molecule has 0 spiro atoms. The molecule has 0 radical (unpaired) electrons. The number of anilines is 3. The zero-order valence-electron chi connectivity index (χ0n) is 46.2. The predicted molar refractivity (Wildman–Crippen MR) is 324 cm³/mol. The molecular formula is C60H51ClN8O15S3. The molecule has 446 valence electrons. The van der Waals surface area contributed by atoms with Crippen LogP contribution in [0.2, 0.25) is 5.02 Å². The van der Waals surface area contributed by atoms with E-state index in [1.54, 1.807) is 91.0 Å². The number of rotatable bonds is 21. The molecule has 0 fully saturated rings. The minimum Gasteiger partial charge on any atom is -0.491 e. The van der Waals surface area contributed by atoms with Crippen molar-refractivity contribution in [2.45, 2.75) is 54.6 Å². The lowest BCUT2D eigenvalue weighted by Gasteiger charge is -2.13. The largest absolute Gasteiger partial charge is 0.491 e. The second kappa shape index (κ2) is 28.5. The second-order valence-electron chi connectivity index (χ2n) is 18.7. The molecule has 3 N–H and O–H groups in total. The molecule has 7 aromatic carbocycles. The topological polar surface area (TPSA) is 333 Å². The van der Waals surface area contributed by atoms with Gasteiger partial charge in [-0.3, -0.25) is 48.8 Å². The highest BCUT2D eigenvalue weighted by molar-refractivity contribution is 7.93. The minimum atomic E-state index is -4.33. The summed E-state index contributed by atoms with van der Waals surface area (Å²) in [5.74, 6) is -0.732. The van der Waals surface area contributed by atoms with Gasteiger partial charge in [-0.2, -0.15) is 0 Å². The summed E-state index contributed by atoms with van der Waals surface area (Å²) in [4.78, 5) is 70.3. The van der Waals surface area contributed by atoms with Crippen molar-refractivity contribution in [1.82, 2.24) is 15.0 Å². The summed E-state index contributed by atoms with van der Waals surface area (Å²) in [6.45, 7) is 7.45. The Hall–Kier alpha value is -10.3. The summed E-state index contributed by atoms with van der Waals surface area (Å²) in [6.07, 6.45) is 3.27.